The predicted molar refractivity (Wildman–Crippen MR) is 117 cm³/mol. The quantitative estimate of drug-likeness (QED) is 0.567. The SMILES string of the molecule is COc1ccccc1C(=O)CC1(O)C(=O)N(CCOc2ccccc2)c2ccccc21. The van der Waals surface area contributed by atoms with Gasteiger partial charge in [-0.2, -0.15) is 0 Å². The van der Waals surface area contributed by atoms with Gasteiger partial charge in [0.15, 0.2) is 11.4 Å². The van der Waals surface area contributed by atoms with Crippen LogP contribution in [0.2, 0.25) is 0 Å². The molecular formula is C25H23NO5. The number of hydrogen-bond donors (Lipinski definition) is 1. The minimum atomic E-state index is -1.94. The Bertz CT molecular complexity index is 1100. The topological polar surface area (TPSA) is 76.1 Å². The van der Waals surface area contributed by atoms with E-state index in [9.17, 15) is 14.7 Å². The van der Waals surface area contributed by atoms with Crippen molar-refractivity contribution in [3.63, 3.8) is 0 Å². The van der Waals surface area contributed by atoms with E-state index < -0.39 is 11.5 Å². The highest BCUT2D eigenvalue weighted by atomic mass is 16.5. The number of para-hydroxylation sites is 3. The van der Waals surface area contributed by atoms with Gasteiger partial charge in [0.1, 0.15) is 18.1 Å². The maximum Gasteiger partial charge on any atom is 0.264 e. The van der Waals surface area contributed by atoms with E-state index in [-0.39, 0.29) is 25.4 Å². The van der Waals surface area contributed by atoms with Gasteiger partial charge >= 0.3 is 0 Å². The largest absolute Gasteiger partial charge is 0.496 e. The van der Waals surface area contributed by atoms with Crippen LogP contribution in [-0.4, -0.2) is 37.1 Å². The van der Waals surface area contributed by atoms with Crippen LogP contribution in [0.15, 0.2) is 78.9 Å². The van der Waals surface area contributed by atoms with Crippen molar-refractivity contribution >= 4 is 17.4 Å². The first-order valence-electron chi connectivity index (χ1n) is 10.0. The van der Waals surface area contributed by atoms with E-state index in [1.54, 1.807) is 48.5 Å². The van der Waals surface area contributed by atoms with Gasteiger partial charge < -0.3 is 19.5 Å². The number of carbonyl (C=O) groups excluding carboxylic acids is 2. The Morgan fingerprint density at radius 1 is 0.968 bits per heavy atom. The van der Waals surface area contributed by atoms with Crippen LogP contribution in [-0.2, 0) is 10.4 Å². The number of carbonyl (C=O) groups is 2. The monoisotopic (exact) mass is 417 g/mol. The molecule has 6 heteroatoms. The molecule has 0 spiro atoms. The highest BCUT2D eigenvalue weighted by Crippen LogP contribution is 2.43. The molecule has 1 aliphatic heterocycles. The predicted octanol–water partition coefficient (Wildman–Crippen LogP) is 3.58. The Hall–Kier alpha value is -3.64. The zero-order valence-corrected chi connectivity index (χ0v) is 17.2. The van der Waals surface area contributed by atoms with Crippen LogP contribution in [0.25, 0.3) is 0 Å². The lowest BCUT2D eigenvalue weighted by Crippen LogP contribution is -2.43. The number of fused-ring (bicyclic) bond motifs is 1. The molecule has 6 nitrogen and oxygen atoms in total. The minimum absolute atomic E-state index is 0.246. The minimum Gasteiger partial charge on any atom is -0.496 e. The van der Waals surface area contributed by atoms with E-state index in [2.05, 4.69) is 0 Å². The highest BCUT2D eigenvalue weighted by Gasteiger charge is 2.50. The number of methoxy groups -OCH3 is 1. The van der Waals surface area contributed by atoms with Gasteiger partial charge in [0.2, 0.25) is 0 Å². The van der Waals surface area contributed by atoms with Crippen LogP contribution in [0, 0.1) is 0 Å². The molecule has 1 N–H and O–H groups in total. The summed E-state index contributed by atoms with van der Waals surface area (Å²) in [6, 6.07) is 23.1. The van der Waals surface area contributed by atoms with Crippen LogP contribution >= 0.6 is 0 Å². The number of ether oxygens (including phenoxy) is 2. The van der Waals surface area contributed by atoms with E-state index >= 15 is 0 Å². The lowest BCUT2D eigenvalue weighted by atomic mass is 9.88. The average molecular weight is 417 g/mol. The van der Waals surface area contributed by atoms with Crippen LogP contribution in [0.5, 0.6) is 11.5 Å². The van der Waals surface area contributed by atoms with Crippen LogP contribution in [0.1, 0.15) is 22.3 Å². The number of Topliss-reactive ketones (excluding diaryl/α,β-unsaturated/α-hetero) is 1. The van der Waals surface area contributed by atoms with Crippen LogP contribution in [0.3, 0.4) is 0 Å². The van der Waals surface area contributed by atoms with Gasteiger partial charge in [0.05, 0.1) is 31.3 Å². The average Bonchev–Trinajstić information content (AvgIpc) is 3.01. The first-order chi connectivity index (χ1) is 15.0. The van der Waals surface area contributed by atoms with Crippen molar-refractivity contribution in [1.82, 2.24) is 0 Å². The Morgan fingerprint density at radius 2 is 1.65 bits per heavy atom. The highest BCUT2D eigenvalue weighted by molar-refractivity contribution is 6.11. The van der Waals surface area contributed by atoms with Gasteiger partial charge in [-0.1, -0.05) is 48.5 Å². The number of rotatable bonds is 8. The third-order valence-corrected chi connectivity index (χ3v) is 5.39. The number of aliphatic hydroxyl groups is 1. The molecule has 1 heterocycles. The Labute approximate surface area is 180 Å². The van der Waals surface area contributed by atoms with Gasteiger partial charge in [0.25, 0.3) is 5.91 Å². The Morgan fingerprint density at radius 3 is 2.42 bits per heavy atom. The summed E-state index contributed by atoms with van der Waals surface area (Å²) in [5.74, 6) is 0.200. The molecule has 0 radical (unpaired) electrons. The fourth-order valence-corrected chi connectivity index (χ4v) is 3.87. The normalized spacial score (nSPS) is 17.4. The first-order valence-corrected chi connectivity index (χ1v) is 10.0. The second-order valence-corrected chi connectivity index (χ2v) is 7.30. The summed E-state index contributed by atoms with van der Waals surface area (Å²) in [5.41, 5.74) is -0.613. The molecule has 1 atom stereocenters. The van der Waals surface area contributed by atoms with E-state index in [0.717, 1.165) is 0 Å². The molecule has 0 saturated heterocycles. The molecule has 3 aromatic carbocycles. The van der Waals surface area contributed by atoms with Crippen LogP contribution in [0.4, 0.5) is 5.69 Å². The summed E-state index contributed by atoms with van der Waals surface area (Å²) < 4.78 is 11.0. The van der Waals surface area contributed by atoms with Crippen molar-refractivity contribution in [2.75, 3.05) is 25.2 Å². The number of benzene rings is 3. The second-order valence-electron chi connectivity index (χ2n) is 7.30. The number of anilines is 1. The maximum atomic E-state index is 13.3. The first kappa shape index (κ1) is 20.6. The van der Waals surface area contributed by atoms with Crippen molar-refractivity contribution in [3.05, 3.63) is 90.0 Å². The molecule has 3 aromatic rings. The van der Waals surface area contributed by atoms with Crippen molar-refractivity contribution in [2.45, 2.75) is 12.0 Å². The molecule has 1 aliphatic rings. The summed E-state index contributed by atoms with van der Waals surface area (Å²) in [6.07, 6.45) is -0.376. The van der Waals surface area contributed by atoms with Crippen molar-refractivity contribution in [3.8, 4) is 11.5 Å². The van der Waals surface area contributed by atoms with E-state index in [1.165, 1.54) is 12.0 Å². The second kappa shape index (κ2) is 8.62. The molecule has 158 valence electrons. The third-order valence-electron chi connectivity index (χ3n) is 5.39. The van der Waals surface area contributed by atoms with Gasteiger partial charge in [-0.15, -0.1) is 0 Å². The molecular weight excluding hydrogens is 394 g/mol. The van der Waals surface area contributed by atoms with Crippen molar-refractivity contribution < 1.29 is 24.2 Å². The molecule has 4 rings (SSSR count). The van der Waals surface area contributed by atoms with Gasteiger partial charge in [-0.25, -0.2) is 0 Å². The molecule has 0 aromatic heterocycles. The Kier molecular flexibility index (Phi) is 5.73. The van der Waals surface area contributed by atoms with E-state index in [0.29, 0.717) is 28.3 Å². The molecule has 1 amide bonds. The summed E-state index contributed by atoms with van der Waals surface area (Å²) >= 11 is 0. The standard InChI is InChI=1S/C25H23NO5/c1-30-23-14-8-5-11-19(23)22(27)17-25(29)20-12-6-7-13-21(20)26(24(25)28)15-16-31-18-9-3-2-4-10-18/h2-14,29H,15-17H2,1H3. The molecule has 0 saturated carbocycles. The molecule has 31 heavy (non-hydrogen) atoms. The zero-order valence-electron chi connectivity index (χ0n) is 17.2. The van der Waals surface area contributed by atoms with E-state index in [4.69, 9.17) is 9.47 Å². The van der Waals surface area contributed by atoms with Gasteiger partial charge in [-0.05, 0) is 30.3 Å². The van der Waals surface area contributed by atoms with Gasteiger partial charge in [0, 0.05) is 5.56 Å². The smallest absolute Gasteiger partial charge is 0.264 e. The Balaban J connectivity index is 1.56. The number of nitrogens with zero attached hydrogens (tertiary/aromatic N) is 1. The number of hydrogen-bond acceptors (Lipinski definition) is 5. The third kappa shape index (κ3) is 3.90. The summed E-state index contributed by atoms with van der Waals surface area (Å²) in [6.45, 7) is 0.497. The van der Waals surface area contributed by atoms with Crippen molar-refractivity contribution in [1.29, 1.82) is 0 Å². The van der Waals surface area contributed by atoms with Crippen molar-refractivity contribution in [2.24, 2.45) is 0 Å². The lowest BCUT2D eigenvalue weighted by molar-refractivity contribution is -0.135. The molecule has 0 fully saturated rings. The fourth-order valence-electron chi connectivity index (χ4n) is 3.87. The fraction of sp³-hybridized carbons (Fsp3) is 0.200. The van der Waals surface area contributed by atoms with E-state index in [1.807, 2.05) is 30.3 Å². The van der Waals surface area contributed by atoms with Crippen LogP contribution < -0.4 is 14.4 Å². The summed E-state index contributed by atoms with van der Waals surface area (Å²) in [5, 5.41) is 11.4. The zero-order chi connectivity index (χ0) is 21.8. The summed E-state index contributed by atoms with van der Waals surface area (Å²) in [4.78, 5) is 27.8. The number of ketones is 1. The maximum absolute atomic E-state index is 13.3. The molecule has 1 unspecified atom stereocenters. The number of amides is 1. The lowest BCUT2D eigenvalue weighted by Gasteiger charge is -2.23. The van der Waals surface area contributed by atoms with Gasteiger partial charge in [-0.3, -0.25) is 9.59 Å². The summed E-state index contributed by atoms with van der Waals surface area (Å²) in [7, 11) is 1.48. The molecule has 0 aliphatic carbocycles. The molecule has 0 bridgehead atoms.